The zero-order valence-corrected chi connectivity index (χ0v) is 25.9. The number of nitrogens with two attached hydrogens (primary N) is 2. The summed E-state index contributed by atoms with van der Waals surface area (Å²) in [5.74, 6) is 0.356. The number of rotatable bonds is 9. The number of morpholine rings is 1. The van der Waals surface area contributed by atoms with Crippen molar-refractivity contribution in [2.75, 3.05) is 42.6 Å². The van der Waals surface area contributed by atoms with E-state index in [-0.39, 0.29) is 36.2 Å². The minimum Gasteiger partial charge on any atom is -0.378 e. The molecule has 0 spiro atoms. The number of aromatic nitrogens is 3. The van der Waals surface area contributed by atoms with Gasteiger partial charge in [-0.2, -0.15) is 0 Å². The number of carbonyl (C=O) groups excluding carboxylic acids is 2. The minimum atomic E-state index is -0.919. The fourth-order valence-corrected chi connectivity index (χ4v) is 6.42. The largest absolute Gasteiger partial charge is 0.378 e. The van der Waals surface area contributed by atoms with Crippen LogP contribution in [0.4, 0.5) is 11.5 Å². The molecule has 238 valence electrons. The van der Waals surface area contributed by atoms with Gasteiger partial charge in [0.15, 0.2) is 0 Å². The molecule has 1 aliphatic heterocycles. The van der Waals surface area contributed by atoms with Crippen molar-refractivity contribution < 1.29 is 14.3 Å². The molecule has 1 atom stereocenters. The Kier molecular flexibility index (Phi) is 10.2. The number of nitrogens with one attached hydrogen (secondary N) is 2. The molecular formula is C33H40ClN7O4. The zero-order valence-electron chi connectivity index (χ0n) is 25.1. The molecule has 3 heterocycles. The fourth-order valence-electron chi connectivity index (χ4n) is 6.42. The Morgan fingerprint density at radius 3 is 2.40 bits per heavy atom. The van der Waals surface area contributed by atoms with Crippen LogP contribution in [0.2, 0.25) is 0 Å². The predicted octanol–water partition coefficient (Wildman–Crippen LogP) is 3.37. The molecule has 6 N–H and O–H groups in total. The number of hydrogen-bond acceptors (Lipinski definition) is 7. The van der Waals surface area contributed by atoms with Crippen LogP contribution in [-0.2, 0) is 20.7 Å². The third-order valence-electron chi connectivity index (χ3n) is 9.04. The number of hydrogen-bond donors (Lipinski definition) is 4. The van der Waals surface area contributed by atoms with Crippen LogP contribution in [0.1, 0.15) is 31.2 Å². The summed E-state index contributed by atoms with van der Waals surface area (Å²) in [6.07, 6.45) is 5.22. The van der Waals surface area contributed by atoms with Gasteiger partial charge in [-0.1, -0.05) is 24.3 Å². The minimum absolute atomic E-state index is 0. The summed E-state index contributed by atoms with van der Waals surface area (Å²) in [7, 11) is 0. The molecule has 1 aliphatic carbocycles. The van der Waals surface area contributed by atoms with Crippen molar-refractivity contribution in [3.05, 3.63) is 76.7 Å². The van der Waals surface area contributed by atoms with Crippen LogP contribution in [0.3, 0.4) is 0 Å². The summed E-state index contributed by atoms with van der Waals surface area (Å²) in [5.41, 5.74) is 15.7. The second-order valence-corrected chi connectivity index (χ2v) is 11.8. The first kappa shape index (κ1) is 32.2. The van der Waals surface area contributed by atoms with Gasteiger partial charge in [0.25, 0.3) is 5.56 Å². The Morgan fingerprint density at radius 2 is 1.71 bits per heavy atom. The molecule has 0 radical (unpaired) electrons. The highest BCUT2D eigenvalue weighted by Crippen LogP contribution is 2.33. The molecular weight excluding hydrogens is 594 g/mol. The van der Waals surface area contributed by atoms with Gasteiger partial charge in [0.05, 0.1) is 24.1 Å². The Labute approximate surface area is 267 Å². The van der Waals surface area contributed by atoms with Gasteiger partial charge in [-0.3, -0.25) is 29.5 Å². The first-order valence-electron chi connectivity index (χ1n) is 15.3. The molecule has 11 nitrogen and oxygen atoms in total. The van der Waals surface area contributed by atoms with Gasteiger partial charge in [0.2, 0.25) is 11.8 Å². The van der Waals surface area contributed by atoms with E-state index >= 15 is 0 Å². The second-order valence-electron chi connectivity index (χ2n) is 11.8. The standard InChI is InChI=1S/C33H39N7O4.ClH/c34-20-22-3-7-24(8-4-22)33(43)40(26-9-10-27-28(19-26)37-38-32(27)42)29(31(35)41)17-21-1-5-23(6-2-21)25-11-12-36-30(18-25)39-13-15-44-16-14-39;/h1-2,5-6,9-12,18-19,22,24,29H,3-4,7-8,13-17,20,34H2,(H2,35,41)(H2,37,38,42);1H/t22?,24?,29-;/m0./s1. The van der Waals surface area contributed by atoms with Gasteiger partial charge < -0.3 is 21.1 Å². The van der Waals surface area contributed by atoms with E-state index in [1.807, 2.05) is 36.5 Å². The van der Waals surface area contributed by atoms with Gasteiger partial charge in [-0.15, -0.1) is 12.4 Å². The normalized spacial score (nSPS) is 19.1. The van der Waals surface area contributed by atoms with Gasteiger partial charge in [-0.05, 0) is 85.2 Å². The third-order valence-corrected chi connectivity index (χ3v) is 9.04. The third kappa shape index (κ3) is 7.06. The van der Waals surface area contributed by atoms with E-state index in [1.165, 1.54) is 0 Å². The number of nitrogens with zero attached hydrogens (tertiary/aromatic N) is 3. The molecule has 0 bridgehead atoms. The molecule has 2 fully saturated rings. The van der Waals surface area contributed by atoms with Crippen LogP contribution in [0, 0.1) is 11.8 Å². The van der Waals surface area contributed by atoms with Crippen LogP contribution < -0.4 is 26.8 Å². The lowest BCUT2D eigenvalue weighted by atomic mass is 9.81. The highest BCUT2D eigenvalue weighted by molar-refractivity contribution is 6.03. The summed E-state index contributed by atoms with van der Waals surface area (Å²) in [5, 5.41) is 5.92. The molecule has 4 aromatic rings. The lowest BCUT2D eigenvalue weighted by Gasteiger charge is -2.35. The number of H-pyrrole nitrogens is 2. The van der Waals surface area contributed by atoms with E-state index in [2.05, 4.69) is 26.1 Å². The zero-order chi connectivity index (χ0) is 30.6. The first-order valence-corrected chi connectivity index (χ1v) is 15.3. The first-order chi connectivity index (χ1) is 21.4. The van der Waals surface area contributed by atoms with Crippen molar-refractivity contribution in [3.63, 3.8) is 0 Å². The van der Waals surface area contributed by atoms with Gasteiger partial charge in [-0.25, -0.2) is 4.98 Å². The average molecular weight is 634 g/mol. The number of carbonyl (C=O) groups is 2. The molecule has 1 saturated carbocycles. The summed E-state index contributed by atoms with van der Waals surface area (Å²) in [6, 6.07) is 16.2. The molecule has 2 amide bonds. The maximum Gasteiger partial charge on any atom is 0.271 e. The van der Waals surface area contributed by atoms with E-state index in [1.54, 1.807) is 23.1 Å². The Morgan fingerprint density at radius 1 is 0.978 bits per heavy atom. The number of benzene rings is 2. The summed E-state index contributed by atoms with van der Waals surface area (Å²) in [6.45, 7) is 3.59. The number of fused-ring (bicyclic) bond motifs is 1. The van der Waals surface area contributed by atoms with Gasteiger partial charge >= 0.3 is 0 Å². The van der Waals surface area contributed by atoms with Crippen molar-refractivity contribution in [2.24, 2.45) is 23.3 Å². The van der Waals surface area contributed by atoms with Crippen LogP contribution in [0.25, 0.3) is 22.0 Å². The molecule has 2 aromatic heterocycles. The Balaban J connectivity index is 0.00000400. The fraction of sp³-hybridized carbons (Fsp3) is 0.394. The molecule has 6 rings (SSSR count). The number of amides is 2. The second kappa shape index (κ2) is 14.3. The topological polar surface area (TPSA) is 163 Å². The molecule has 2 aromatic carbocycles. The molecule has 0 unspecified atom stereocenters. The average Bonchev–Trinajstić information content (AvgIpc) is 3.44. The molecule has 45 heavy (non-hydrogen) atoms. The van der Waals surface area contributed by atoms with Crippen molar-refractivity contribution in [2.45, 2.75) is 38.1 Å². The van der Waals surface area contributed by atoms with E-state index in [4.69, 9.17) is 16.2 Å². The van der Waals surface area contributed by atoms with Crippen molar-refractivity contribution in [3.8, 4) is 11.1 Å². The number of aromatic amines is 2. The Bertz CT molecular complexity index is 1670. The molecule has 2 aliphatic rings. The maximum atomic E-state index is 14.2. The van der Waals surface area contributed by atoms with E-state index in [9.17, 15) is 14.4 Å². The van der Waals surface area contributed by atoms with E-state index < -0.39 is 11.9 Å². The number of ether oxygens (including phenoxy) is 1. The summed E-state index contributed by atoms with van der Waals surface area (Å²) < 4.78 is 5.47. The molecule has 12 heteroatoms. The van der Waals surface area contributed by atoms with Crippen molar-refractivity contribution in [1.29, 1.82) is 0 Å². The number of pyridine rings is 1. The number of halogens is 1. The smallest absolute Gasteiger partial charge is 0.271 e. The number of primary amides is 1. The quantitative estimate of drug-likeness (QED) is 0.219. The lowest BCUT2D eigenvalue weighted by Crippen LogP contribution is -2.52. The van der Waals surface area contributed by atoms with Crippen molar-refractivity contribution >= 4 is 46.6 Å². The summed E-state index contributed by atoms with van der Waals surface area (Å²) >= 11 is 0. The predicted molar refractivity (Wildman–Crippen MR) is 178 cm³/mol. The summed E-state index contributed by atoms with van der Waals surface area (Å²) in [4.78, 5) is 47.7. The number of anilines is 2. The monoisotopic (exact) mass is 633 g/mol. The van der Waals surface area contributed by atoms with Crippen LogP contribution in [0.5, 0.6) is 0 Å². The van der Waals surface area contributed by atoms with E-state index in [0.29, 0.717) is 55.1 Å². The van der Waals surface area contributed by atoms with Crippen molar-refractivity contribution in [1.82, 2.24) is 15.2 Å². The van der Waals surface area contributed by atoms with E-state index in [0.717, 1.165) is 48.4 Å². The maximum absolute atomic E-state index is 14.2. The van der Waals surface area contributed by atoms with Crippen LogP contribution >= 0.6 is 12.4 Å². The van der Waals surface area contributed by atoms with Crippen LogP contribution in [-0.4, -0.2) is 65.9 Å². The SMILES string of the molecule is Cl.NCC1CCC(C(=O)N(c2ccc3c(=O)[nH][nH]c3c2)[C@@H](Cc2ccc(-c3ccnc(N4CCOCC4)c3)cc2)C(N)=O)CC1. The Hall–Kier alpha value is -4.19. The van der Waals surface area contributed by atoms with Gasteiger partial charge in [0.1, 0.15) is 11.9 Å². The van der Waals surface area contributed by atoms with Gasteiger partial charge in [0, 0.05) is 37.3 Å². The highest BCUT2D eigenvalue weighted by atomic mass is 35.5. The van der Waals surface area contributed by atoms with Crippen LogP contribution in [0.15, 0.2) is 65.6 Å². The lowest BCUT2D eigenvalue weighted by molar-refractivity contribution is -0.127. The highest BCUT2D eigenvalue weighted by Gasteiger charge is 2.36. The molecule has 1 saturated heterocycles.